The highest BCUT2D eigenvalue weighted by Crippen LogP contribution is 2.23. The van der Waals surface area contributed by atoms with Gasteiger partial charge < -0.3 is 9.84 Å². The Bertz CT molecular complexity index is 748. The van der Waals surface area contributed by atoms with E-state index in [1.807, 2.05) is 24.3 Å². The molecule has 1 aliphatic rings. The number of aromatic nitrogens is 4. The van der Waals surface area contributed by atoms with Crippen LogP contribution in [-0.2, 0) is 0 Å². The summed E-state index contributed by atoms with van der Waals surface area (Å²) in [7, 11) is 0. The fraction of sp³-hybridized carbons (Fsp3) is 0.286. The van der Waals surface area contributed by atoms with Crippen molar-refractivity contribution in [3.05, 3.63) is 36.3 Å². The lowest BCUT2D eigenvalue weighted by atomic mass is 10.2. The molecule has 1 saturated heterocycles. The molecule has 100 valence electrons. The molecule has 1 fully saturated rings. The van der Waals surface area contributed by atoms with Gasteiger partial charge in [0.2, 0.25) is 0 Å². The van der Waals surface area contributed by atoms with E-state index >= 15 is 0 Å². The number of nitrogens with zero attached hydrogens (tertiary/aromatic N) is 4. The van der Waals surface area contributed by atoms with Crippen molar-refractivity contribution in [2.24, 2.45) is 0 Å². The van der Waals surface area contributed by atoms with Gasteiger partial charge in [-0.3, -0.25) is 4.98 Å². The summed E-state index contributed by atoms with van der Waals surface area (Å²) >= 11 is 0. The van der Waals surface area contributed by atoms with Gasteiger partial charge in [-0.25, -0.2) is 4.98 Å². The van der Waals surface area contributed by atoms with Crippen molar-refractivity contribution in [3.63, 3.8) is 0 Å². The molecular formula is C14H13N5O. The molecule has 4 rings (SSSR count). The highest BCUT2D eigenvalue weighted by molar-refractivity contribution is 5.75. The number of nitrogens with one attached hydrogen (secondary N) is 1. The first-order valence-corrected chi connectivity index (χ1v) is 6.69. The summed E-state index contributed by atoms with van der Waals surface area (Å²) < 4.78 is 5.31. The van der Waals surface area contributed by atoms with Crippen LogP contribution in [0.15, 0.2) is 35.0 Å². The fourth-order valence-corrected chi connectivity index (χ4v) is 2.45. The van der Waals surface area contributed by atoms with Crippen LogP contribution in [0.5, 0.6) is 0 Å². The molecule has 3 aromatic rings. The maximum Gasteiger partial charge on any atom is 0.278 e. The lowest BCUT2D eigenvalue weighted by Gasteiger charge is -2.01. The van der Waals surface area contributed by atoms with Crippen molar-refractivity contribution >= 4 is 11.0 Å². The molecule has 3 heterocycles. The van der Waals surface area contributed by atoms with Gasteiger partial charge in [0.25, 0.3) is 5.89 Å². The Morgan fingerprint density at radius 2 is 2.05 bits per heavy atom. The van der Waals surface area contributed by atoms with E-state index in [0.29, 0.717) is 17.4 Å². The maximum absolute atomic E-state index is 5.31. The minimum atomic E-state index is 0.195. The first-order valence-electron chi connectivity index (χ1n) is 6.69. The Hall–Kier alpha value is -2.34. The van der Waals surface area contributed by atoms with Gasteiger partial charge >= 0.3 is 0 Å². The summed E-state index contributed by atoms with van der Waals surface area (Å²) in [4.78, 5) is 13.3. The highest BCUT2D eigenvalue weighted by atomic mass is 16.5. The van der Waals surface area contributed by atoms with Gasteiger partial charge in [0, 0.05) is 0 Å². The van der Waals surface area contributed by atoms with Gasteiger partial charge in [-0.15, -0.1) is 0 Å². The lowest BCUT2D eigenvalue weighted by molar-refractivity contribution is 0.411. The monoisotopic (exact) mass is 267 g/mol. The Kier molecular flexibility index (Phi) is 2.67. The first kappa shape index (κ1) is 11.5. The van der Waals surface area contributed by atoms with E-state index in [1.54, 1.807) is 6.20 Å². The van der Waals surface area contributed by atoms with Crippen LogP contribution in [0.2, 0.25) is 0 Å². The van der Waals surface area contributed by atoms with Crippen molar-refractivity contribution in [2.75, 3.05) is 6.54 Å². The Morgan fingerprint density at radius 1 is 1.15 bits per heavy atom. The van der Waals surface area contributed by atoms with E-state index in [2.05, 4.69) is 25.4 Å². The summed E-state index contributed by atoms with van der Waals surface area (Å²) in [6.45, 7) is 1.00. The molecular weight excluding hydrogens is 254 g/mol. The molecule has 1 atom stereocenters. The predicted octanol–water partition coefficient (Wildman–Crippen LogP) is 2.10. The van der Waals surface area contributed by atoms with Crippen LogP contribution in [0.1, 0.15) is 24.7 Å². The zero-order valence-electron chi connectivity index (χ0n) is 10.8. The second-order valence-corrected chi connectivity index (χ2v) is 4.85. The highest BCUT2D eigenvalue weighted by Gasteiger charge is 2.22. The molecule has 1 N–H and O–H groups in total. The van der Waals surface area contributed by atoms with Crippen LogP contribution in [0.25, 0.3) is 22.6 Å². The van der Waals surface area contributed by atoms with E-state index in [-0.39, 0.29) is 6.04 Å². The van der Waals surface area contributed by atoms with E-state index < -0.39 is 0 Å². The van der Waals surface area contributed by atoms with Crippen LogP contribution in [0.3, 0.4) is 0 Å². The molecule has 0 amide bonds. The zero-order valence-corrected chi connectivity index (χ0v) is 10.8. The van der Waals surface area contributed by atoms with Crippen molar-refractivity contribution < 1.29 is 4.52 Å². The van der Waals surface area contributed by atoms with Gasteiger partial charge in [-0.05, 0) is 31.5 Å². The van der Waals surface area contributed by atoms with Crippen LogP contribution >= 0.6 is 0 Å². The predicted molar refractivity (Wildman–Crippen MR) is 72.8 cm³/mol. The largest absolute Gasteiger partial charge is 0.332 e. The van der Waals surface area contributed by atoms with Crippen molar-refractivity contribution in [1.29, 1.82) is 0 Å². The van der Waals surface area contributed by atoms with Crippen molar-refractivity contribution in [2.45, 2.75) is 18.9 Å². The third-order valence-corrected chi connectivity index (χ3v) is 3.48. The fourth-order valence-electron chi connectivity index (χ4n) is 2.45. The van der Waals surface area contributed by atoms with E-state index in [4.69, 9.17) is 4.52 Å². The molecule has 2 aromatic heterocycles. The topological polar surface area (TPSA) is 76.7 Å². The number of hydrogen-bond acceptors (Lipinski definition) is 6. The number of fused-ring (bicyclic) bond motifs is 1. The van der Waals surface area contributed by atoms with E-state index in [9.17, 15) is 0 Å². The Balaban J connectivity index is 1.71. The smallest absolute Gasteiger partial charge is 0.278 e. The first-order chi connectivity index (χ1) is 9.90. The lowest BCUT2D eigenvalue weighted by Crippen LogP contribution is -2.14. The number of para-hydroxylation sites is 2. The third kappa shape index (κ3) is 1.94. The molecule has 0 spiro atoms. The molecule has 20 heavy (non-hydrogen) atoms. The summed E-state index contributed by atoms with van der Waals surface area (Å²) in [5.74, 6) is 1.12. The summed E-state index contributed by atoms with van der Waals surface area (Å²) in [5, 5.41) is 7.38. The van der Waals surface area contributed by atoms with Gasteiger partial charge in [-0.2, -0.15) is 4.98 Å². The quantitative estimate of drug-likeness (QED) is 0.766. The van der Waals surface area contributed by atoms with Crippen LogP contribution in [0, 0.1) is 0 Å². The average Bonchev–Trinajstić information content (AvgIpc) is 3.17. The molecule has 1 aromatic carbocycles. The summed E-state index contributed by atoms with van der Waals surface area (Å²) in [5.41, 5.74) is 2.29. The molecule has 6 heteroatoms. The Labute approximate surface area is 115 Å². The number of rotatable bonds is 2. The Morgan fingerprint density at radius 3 is 2.90 bits per heavy atom. The SMILES string of the molecule is c1ccc2nc(-c3nc(C4CCCN4)no3)cnc2c1. The maximum atomic E-state index is 5.31. The van der Waals surface area contributed by atoms with Gasteiger partial charge in [-0.1, -0.05) is 17.3 Å². The van der Waals surface area contributed by atoms with Gasteiger partial charge in [0.15, 0.2) is 5.82 Å². The summed E-state index contributed by atoms with van der Waals surface area (Å²) in [6, 6.07) is 7.91. The number of benzene rings is 1. The standard InChI is InChI=1S/C14H13N5O/c1-2-5-10-9(4-1)16-8-12(17-10)14-18-13(19-20-14)11-6-3-7-15-11/h1-2,4-5,8,11,15H,3,6-7H2. The average molecular weight is 267 g/mol. The van der Waals surface area contributed by atoms with E-state index in [0.717, 1.165) is 30.4 Å². The molecule has 0 aliphatic carbocycles. The molecule has 0 saturated carbocycles. The van der Waals surface area contributed by atoms with Gasteiger partial charge in [0.05, 0.1) is 23.3 Å². The second-order valence-electron chi connectivity index (χ2n) is 4.85. The third-order valence-electron chi connectivity index (χ3n) is 3.48. The second kappa shape index (κ2) is 4.64. The summed E-state index contributed by atoms with van der Waals surface area (Å²) in [6.07, 6.45) is 3.86. The molecule has 1 aliphatic heterocycles. The van der Waals surface area contributed by atoms with Crippen molar-refractivity contribution in [3.8, 4) is 11.6 Å². The normalized spacial score (nSPS) is 18.7. The van der Waals surface area contributed by atoms with Gasteiger partial charge in [0.1, 0.15) is 5.69 Å². The van der Waals surface area contributed by atoms with Crippen LogP contribution in [0.4, 0.5) is 0 Å². The molecule has 0 radical (unpaired) electrons. The minimum Gasteiger partial charge on any atom is -0.332 e. The van der Waals surface area contributed by atoms with Crippen LogP contribution in [-0.4, -0.2) is 26.7 Å². The van der Waals surface area contributed by atoms with Crippen molar-refractivity contribution in [1.82, 2.24) is 25.4 Å². The van der Waals surface area contributed by atoms with E-state index in [1.165, 1.54) is 0 Å². The molecule has 1 unspecified atom stereocenters. The van der Waals surface area contributed by atoms with Crippen LogP contribution < -0.4 is 5.32 Å². The minimum absolute atomic E-state index is 0.195. The zero-order chi connectivity index (χ0) is 13.4. The number of hydrogen-bond donors (Lipinski definition) is 1. The molecule has 6 nitrogen and oxygen atoms in total. The molecule has 0 bridgehead atoms.